The molecule has 0 amide bonds. The van der Waals surface area contributed by atoms with Gasteiger partial charge in [-0.25, -0.2) is 4.79 Å². The molecule has 5 heteroatoms. The molecule has 0 saturated carbocycles. The van der Waals surface area contributed by atoms with E-state index in [4.69, 9.17) is 13.9 Å². The van der Waals surface area contributed by atoms with Gasteiger partial charge in [0.2, 0.25) is 0 Å². The van der Waals surface area contributed by atoms with E-state index in [0.29, 0.717) is 24.4 Å². The Kier molecular flexibility index (Phi) is 5.20. The number of methoxy groups -OCH3 is 1. The molecule has 0 unspecified atom stereocenters. The molecule has 0 N–H and O–H groups in total. The maximum absolute atomic E-state index is 11.6. The number of aryl methyl sites for hydroxylation is 2. The zero-order valence-electron chi connectivity index (χ0n) is 13.1. The zero-order chi connectivity index (χ0) is 16.1. The van der Waals surface area contributed by atoms with Gasteiger partial charge in [-0.15, -0.1) is 0 Å². The van der Waals surface area contributed by atoms with Crippen LogP contribution in [0, 0.1) is 6.92 Å². The summed E-state index contributed by atoms with van der Waals surface area (Å²) < 4.78 is 15.6. The van der Waals surface area contributed by atoms with Gasteiger partial charge in [-0.05, 0) is 37.0 Å². The van der Waals surface area contributed by atoms with E-state index in [2.05, 4.69) is 0 Å². The Morgan fingerprint density at radius 2 is 2.05 bits per heavy atom. The highest BCUT2D eigenvalue weighted by Gasteiger charge is 2.12. The van der Waals surface area contributed by atoms with Gasteiger partial charge in [-0.3, -0.25) is 4.79 Å². The molecule has 2 rings (SSSR count). The van der Waals surface area contributed by atoms with Crippen LogP contribution in [0.1, 0.15) is 30.9 Å². The third-order valence-electron chi connectivity index (χ3n) is 3.42. The number of ether oxygens (including phenoxy) is 2. The normalized spacial score (nSPS) is 10.7. The average molecular weight is 304 g/mol. The maximum atomic E-state index is 11.6. The van der Waals surface area contributed by atoms with Gasteiger partial charge in [0.25, 0.3) is 0 Å². The van der Waals surface area contributed by atoms with Crippen molar-refractivity contribution in [3.05, 3.63) is 39.7 Å². The van der Waals surface area contributed by atoms with Crippen LogP contribution in [0.3, 0.4) is 0 Å². The monoisotopic (exact) mass is 304 g/mol. The van der Waals surface area contributed by atoms with Gasteiger partial charge in [-0.1, -0.05) is 6.92 Å². The highest BCUT2D eigenvalue weighted by atomic mass is 16.5. The van der Waals surface area contributed by atoms with Crippen molar-refractivity contribution in [3.63, 3.8) is 0 Å². The second-order valence-corrected chi connectivity index (χ2v) is 5.13. The van der Waals surface area contributed by atoms with Crippen LogP contribution >= 0.6 is 0 Å². The summed E-state index contributed by atoms with van der Waals surface area (Å²) in [5, 5.41) is 0.845. The van der Waals surface area contributed by atoms with Gasteiger partial charge >= 0.3 is 11.6 Å². The largest absolute Gasteiger partial charge is 0.496 e. The van der Waals surface area contributed by atoms with Crippen molar-refractivity contribution in [2.75, 3.05) is 13.7 Å². The summed E-state index contributed by atoms with van der Waals surface area (Å²) in [5.41, 5.74) is 1.83. The molecule has 1 heterocycles. The average Bonchev–Trinajstić information content (AvgIpc) is 2.50. The highest BCUT2D eigenvalue weighted by molar-refractivity contribution is 5.83. The summed E-state index contributed by atoms with van der Waals surface area (Å²) in [4.78, 5) is 23.1. The van der Waals surface area contributed by atoms with Crippen molar-refractivity contribution in [3.8, 4) is 5.75 Å². The quantitative estimate of drug-likeness (QED) is 0.606. The Balaban J connectivity index is 2.28. The zero-order valence-corrected chi connectivity index (χ0v) is 13.1. The van der Waals surface area contributed by atoms with E-state index in [1.165, 1.54) is 6.07 Å². The van der Waals surface area contributed by atoms with E-state index in [1.54, 1.807) is 13.2 Å². The summed E-state index contributed by atoms with van der Waals surface area (Å²) in [6.45, 7) is 4.25. The van der Waals surface area contributed by atoms with Gasteiger partial charge in [0.1, 0.15) is 11.3 Å². The summed E-state index contributed by atoms with van der Waals surface area (Å²) in [7, 11) is 1.55. The minimum Gasteiger partial charge on any atom is -0.496 e. The van der Waals surface area contributed by atoms with Crippen LogP contribution in [0.15, 0.2) is 27.4 Å². The van der Waals surface area contributed by atoms with Crippen LogP contribution in [0.2, 0.25) is 0 Å². The molecule has 22 heavy (non-hydrogen) atoms. The Bertz CT molecular complexity index is 730. The van der Waals surface area contributed by atoms with Crippen molar-refractivity contribution in [1.29, 1.82) is 0 Å². The molecule has 0 atom stereocenters. The molecule has 0 aliphatic carbocycles. The SMILES string of the molecule is CCCOC(=O)CCc1cc2c(C)cc(=O)oc2cc1OC. The molecule has 0 radical (unpaired) electrons. The minimum absolute atomic E-state index is 0.222. The molecule has 1 aromatic heterocycles. The summed E-state index contributed by atoms with van der Waals surface area (Å²) in [6.07, 6.45) is 1.61. The number of hydrogen-bond donors (Lipinski definition) is 0. The Hall–Kier alpha value is -2.30. The molecule has 0 aliphatic heterocycles. The second-order valence-electron chi connectivity index (χ2n) is 5.13. The van der Waals surface area contributed by atoms with Crippen molar-refractivity contribution in [2.45, 2.75) is 33.1 Å². The lowest BCUT2D eigenvalue weighted by atomic mass is 10.0. The molecule has 0 saturated heterocycles. The molecular formula is C17H20O5. The lowest BCUT2D eigenvalue weighted by Crippen LogP contribution is -2.07. The fourth-order valence-corrected chi connectivity index (χ4v) is 2.30. The van der Waals surface area contributed by atoms with Crippen LogP contribution in [0.25, 0.3) is 11.0 Å². The van der Waals surface area contributed by atoms with E-state index in [1.807, 2.05) is 19.9 Å². The molecular weight excluding hydrogens is 284 g/mol. The van der Waals surface area contributed by atoms with Crippen LogP contribution in [-0.4, -0.2) is 19.7 Å². The van der Waals surface area contributed by atoms with E-state index in [9.17, 15) is 9.59 Å². The Labute approximate surface area is 128 Å². The summed E-state index contributed by atoms with van der Waals surface area (Å²) in [5.74, 6) is 0.379. The number of rotatable bonds is 6. The predicted molar refractivity (Wildman–Crippen MR) is 83.3 cm³/mol. The Morgan fingerprint density at radius 1 is 1.27 bits per heavy atom. The number of hydrogen-bond acceptors (Lipinski definition) is 5. The van der Waals surface area contributed by atoms with E-state index >= 15 is 0 Å². The first kappa shape index (κ1) is 16.1. The number of benzene rings is 1. The van der Waals surface area contributed by atoms with E-state index in [0.717, 1.165) is 22.9 Å². The molecule has 118 valence electrons. The van der Waals surface area contributed by atoms with E-state index < -0.39 is 0 Å². The summed E-state index contributed by atoms with van der Waals surface area (Å²) in [6, 6.07) is 5.05. The van der Waals surface area contributed by atoms with Crippen LogP contribution < -0.4 is 10.4 Å². The predicted octanol–water partition coefficient (Wildman–Crippen LogP) is 3.00. The first-order valence-corrected chi connectivity index (χ1v) is 7.32. The molecule has 0 fully saturated rings. The smallest absolute Gasteiger partial charge is 0.336 e. The van der Waals surface area contributed by atoms with E-state index in [-0.39, 0.29) is 18.0 Å². The molecule has 0 spiro atoms. The third-order valence-corrected chi connectivity index (χ3v) is 3.42. The topological polar surface area (TPSA) is 65.7 Å². The Morgan fingerprint density at radius 3 is 2.73 bits per heavy atom. The lowest BCUT2D eigenvalue weighted by Gasteiger charge is -2.11. The fourth-order valence-electron chi connectivity index (χ4n) is 2.30. The summed E-state index contributed by atoms with van der Waals surface area (Å²) >= 11 is 0. The number of carbonyl (C=O) groups is 1. The van der Waals surface area contributed by atoms with Gasteiger partial charge in [-0.2, -0.15) is 0 Å². The van der Waals surface area contributed by atoms with Gasteiger partial charge in [0, 0.05) is 23.9 Å². The van der Waals surface area contributed by atoms with Crippen LogP contribution in [0.5, 0.6) is 5.75 Å². The molecule has 2 aromatic rings. The molecule has 5 nitrogen and oxygen atoms in total. The fraction of sp³-hybridized carbons (Fsp3) is 0.412. The van der Waals surface area contributed by atoms with Crippen molar-refractivity contribution >= 4 is 16.9 Å². The highest BCUT2D eigenvalue weighted by Crippen LogP contribution is 2.28. The number of esters is 1. The second kappa shape index (κ2) is 7.11. The standard InChI is InChI=1S/C17H20O5/c1-4-7-21-16(18)6-5-12-9-13-11(2)8-17(19)22-15(13)10-14(12)20-3/h8-10H,4-7H2,1-3H3. The first-order valence-electron chi connectivity index (χ1n) is 7.32. The lowest BCUT2D eigenvalue weighted by molar-refractivity contribution is -0.143. The third kappa shape index (κ3) is 3.67. The van der Waals surface area contributed by atoms with Crippen molar-refractivity contribution in [1.82, 2.24) is 0 Å². The maximum Gasteiger partial charge on any atom is 0.336 e. The van der Waals surface area contributed by atoms with Gasteiger partial charge < -0.3 is 13.9 Å². The number of fused-ring (bicyclic) bond motifs is 1. The number of carbonyl (C=O) groups excluding carboxylic acids is 1. The van der Waals surface area contributed by atoms with Gasteiger partial charge in [0.05, 0.1) is 13.7 Å². The molecule has 1 aromatic carbocycles. The molecule has 0 aliphatic rings. The van der Waals surface area contributed by atoms with Crippen molar-refractivity contribution < 1.29 is 18.7 Å². The van der Waals surface area contributed by atoms with Crippen LogP contribution in [-0.2, 0) is 16.0 Å². The minimum atomic E-state index is -0.386. The van der Waals surface area contributed by atoms with Crippen molar-refractivity contribution in [2.24, 2.45) is 0 Å². The first-order chi connectivity index (χ1) is 10.5. The van der Waals surface area contributed by atoms with Crippen LogP contribution in [0.4, 0.5) is 0 Å². The van der Waals surface area contributed by atoms with Gasteiger partial charge in [0.15, 0.2) is 0 Å². The molecule has 0 bridgehead atoms.